The van der Waals surface area contributed by atoms with Crippen LogP contribution in [0.4, 0.5) is 10.1 Å². The molecule has 0 radical (unpaired) electrons. The van der Waals surface area contributed by atoms with Crippen LogP contribution in [-0.2, 0) is 0 Å². The molecule has 2 aromatic carbocycles. The molecule has 2 aromatic rings. The second-order valence-electron chi connectivity index (χ2n) is 3.66. The average molecular weight is 284 g/mol. The number of nitrogen functional groups attached to an aromatic ring is 1. The summed E-state index contributed by atoms with van der Waals surface area (Å²) in [5, 5.41) is 0.453. The van der Waals surface area contributed by atoms with Gasteiger partial charge >= 0.3 is 0 Å². The van der Waals surface area contributed by atoms with Crippen molar-refractivity contribution in [3.8, 4) is 0 Å². The summed E-state index contributed by atoms with van der Waals surface area (Å²) in [6, 6.07) is 8.55. The third kappa shape index (κ3) is 2.33. The van der Waals surface area contributed by atoms with E-state index in [9.17, 15) is 9.18 Å². The van der Waals surface area contributed by atoms with Crippen LogP contribution >= 0.6 is 23.2 Å². The number of hydrogen-bond donors (Lipinski definition) is 1. The highest BCUT2D eigenvalue weighted by Crippen LogP contribution is 2.27. The lowest BCUT2D eigenvalue weighted by molar-refractivity contribution is 0.103. The molecule has 0 aliphatic heterocycles. The van der Waals surface area contributed by atoms with Gasteiger partial charge in [-0.3, -0.25) is 4.79 Å². The van der Waals surface area contributed by atoms with Gasteiger partial charge in [-0.05, 0) is 30.3 Å². The molecule has 0 unspecified atom stereocenters. The van der Waals surface area contributed by atoms with Crippen LogP contribution in [0.3, 0.4) is 0 Å². The van der Waals surface area contributed by atoms with Crippen molar-refractivity contribution in [1.82, 2.24) is 0 Å². The standard InChI is InChI=1S/C13H8Cl2FNO/c14-8-2-1-3-9(15)12(8)13(18)7-4-5-11(17)10(16)6-7/h1-6H,17H2. The summed E-state index contributed by atoms with van der Waals surface area (Å²) >= 11 is 11.8. The van der Waals surface area contributed by atoms with Crippen molar-refractivity contribution in [1.29, 1.82) is 0 Å². The van der Waals surface area contributed by atoms with E-state index < -0.39 is 11.6 Å². The number of rotatable bonds is 2. The van der Waals surface area contributed by atoms with Crippen LogP contribution in [0.5, 0.6) is 0 Å². The first kappa shape index (κ1) is 12.9. The third-order valence-corrected chi connectivity index (χ3v) is 3.08. The fraction of sp³-hybridized carbons (Fsp3) is 0. The number of carbonyl (C=O) groups excluding carboxylic acids is 1. The highest BCUT2D eigenvalue weighted by atomic mass is 35.5. The zero-order valence-electron chi connectivity index (χ0n) is 9.08. The number of benzene rings is 2. The Morgan fingerprint density at radius 2 is 1.72 bits per heavy atom. The molecule has 0 bridgehead atoms. The molecule has 0 aliphatic carbocycles. The predicted octanol–water partition coefficient (Wildman–Crippen LogP) is 3.95. The van der Waals surface area contributed by atoms with Gasteiger partial charge in [0, 0.05) is 5.56 Å². The molecule has 2 nitrogen and oxygen atoms in total. The van der Waals surface area contributed by atoms with Gasteiger partial charge in [0.15, 0.2) is 5.78 Å². The van der Waals surface area contributed by atoms with Gasteiger partial charge in [0.25, 0.3) is 0 Å². The van der Waals surface area contributed by atoms with Crippen molar-refractivity contribution >= 4 is 34.7 Å². The Bertz CT molecular complexity index is 608. The van der Waals surface area contributed by atoms with Crippen molar-refractivity contribution in [3.05, 3.63) is 63.4 Å². The average Bonchev–Trinajstić information content (AvgIpc) is 2.32. The maximum atomic E-state index is 13.3. The Hall–Kier alpha value is -1.58. The normalized spacial score (nSPS) is 10.4. The Balaban J connectivity index is 2.51. The number of halogens is 3. The predicted molar refractivity (Wildman–Crippen MR) is 70.7 cm³/mol. The topological polar surface area (TPSA) is 43.1 Å². The molecule has 2 N–H and O–H groups in total. The van der Waals surface area contributed by atoms with E-state index in [0.29, 0.717) is 0 Å². The van der Waals surface area contributed by atoms with Gasteiger partial charge in [-0.25, -0.2) is 4.39 Å². The smallest absolute Gasteiger partial charge is 0.196 e. The second-order valence-corrected chi connectivity index (χ2v) is 4.48. The van der Waals surface area contributed by atoms with Crippen LogP contribution in [0, 0.1) is 5.82 Å². The summed E-state index contributed by atoms with van der Waals surface area (Å²) in [7, 11) is 0. The first-order valence-corrected chi connectivity index (χ1v) is 5.80. The minimum Gasteiger partial charge on any atom is -0.396 e. The molecule has 0 aliphatic rings. The fourth-order valence-corrected chi connectivity index (χ4v) is 2.10. The summed E-state index contributed by atoms with van der Waals surface area (Å²) < 4.78 is 13.3. The highest BCUT2D eigenvalue weighted by Gasteiger charge is 2.17. The van der Waals surface area contributed by atoms with E-state index in [0.717, 1.165) is 6.07 Å². The number of carbonyl (C=O) groups is 1. The number of anilines is 1. The highest BCUT2D eigenvalue weighted by molar-refractivity contribution is 6.41. The quantitative estimate of drug-likeness (QED) is 0.670. The molecule has 0 fully saturated rings. The Labute approximate surface area is 113 Å². The molecule has 2 rings (SSSR count). The maximum absolute atomic E-state index is 13.3. The van der Waals surface area contributed by atoms with Crippen LogP contribution in [0.15, 0.2) is 36.4 Å². The van der Waals surface area contributed by atoms with Crippen molar-refractivity contribution in [2.45, 2.75) is 0 Å². The zero-order chi connectivity index (χ0) is 13.3. The Morgan fingerprint density at radius 3 is 2.28 bits per heavy atom. The molecule has 0 saturated carbocycles. The summed E-state index contributed by atoms with van der Waals surface area (Å²) in [5.41, 5.74) is 5.64. The van der Waals surface area contributed by atoms with Crippen LogP contribution in [0.1, 0.15) is 15.9 Å². The van der Waals surface area contributed by atoms with E-state index >= 15 is 0 Å². The van der Waals surface area contributed by atoms with Gasteiger partial charge in [-0.2, -0.15) is 0 Å². The molecular formula is C13H8Cl2FNO. The van der Waals surface area contributed by atoms with Crippen molar-refractivity contribution in [2.24, 2.45) is 0 Å². The number of ketones is 1. The van der Waals surface area contributed by atoms with Gasteiger partial charge in [-0.1, -0.05) is 29.3 Å². The lowest BCUT2D eigenvalue weighted by Crippen LogP contribution is -2.04. The largest absolute Gasteiger partial charge is 0.396 e. The third-order valence-electron chi connectivity index (χ3n) is 2.45. The minimum atomic E-state index is -0.649. The van der Waals surface area contributed by atoms with E-state index in [4.69, 9.17) is 28.9 Å². The van der Waals surface area contributed by atoms with Gasteiger partial charge in [0.05, 0.1) is 21.3 Å². The van der Waals surface area contributed by atoms with Gasteiger partial charge in [0.2, 0.25) is 0 Å². The van der Waals surface area contributed by atoms with Crippen LogP contribution in [-0.4, -0.2) is 5.78 Å². The van der Waals surface area contributed by atoms with Gasteiger partial charge in [-0.15, -0.1) is 0 Å². The van der Waals surface area contributed by atoms with E-state index in [1.807, 2.05) is 0 Å². The minimum absolute atomic E-state index is 0.0168. The maximum Gasteiger partial charge on any atom is 0.196 e. The molecule has 0 heterocycles. The SMILES string of the molecule is Nc1ccc(C(=O)c2c(Cl)cccc2Cl)cc1F. The molecule has 0 atom stereocenters. The fourth-order valence-electron chi connectivity index (χ4n) is 1.53. The lowest BCUT2D eigenvalue weighted by atomic mass is 10.0. The van der Waals surface area contributed by atoms with Crippen LogP contribution in [0.2, 0.25) is 10.0 Å². The lowest BCUT2D eigenvalue weighted by Gasteiger charge is -2.06. The van der Waals surface area contributed by atoms with E-state index in [1.165, 1.54) is 12.1 Å². The molecule has 0 aromatic heterocycles. The first-order chi connectivity index (χ1) is 8.50. The van der Waals surface area contributed by atoms with Gasteiger partial charge in [0.1, 0.15) is 5.82 Å². The molecular weight excluding hydrogens is 276 g/mol. The van der Waals surface area contributed by atoms with E-state index in [-0.39, 0.29) is 26.9 Å². The zero-order valence-corrected chi connectivity index (χ0v) is 10.6. The summed E-state index contributed by atoms with van der Waals surface area (Å²) in [4.78, 5) is 12.2. The Morgan fingerprint density at radius 1 is 1.11 bits per heavy atom. The van der Waals surface area contributed by atoms with Crippen LogP contribution in [0.25, 0.3) is 0 Å². The van der Waals surface area contributed by atoms with Gasteiger partial charge < -0.3 is 5.73 Å². The number of nitrogens with two attached hydrogens (primary N) is 1. The molecule has 0 spiro atoms. The van der Waals surface area contributed by atoms with E-state index in [1.54, 1.807) is 18.2 Å². The second kappa shape index (κ2) is 4.96. The molecule has 5 heteroatoms. The summed E-state index contributed by atoms with van der Waals surface area (Å²) in [6.45, 7) is 0. The van der Waals surface area contributed by atoms with Crippen molar-refractivity contribution < 1.29 is 9.18 Å². The monoisotopic (exact) mass is 283 g/mol. The van der Waals surface area contributed by atoms with Crippen molar-refractivity contribution in [3.63, 3.8) is 0 Å². The molecule has 92 valence electrons. The molecule has 18 heavy (non-hydrogen) atoms. The molecule has 0 amide bonds. The number of hydrogen-bond acceptors (Lipinski definition) is 2. The van der Waals surface area contributed by atoms with Crippen molar-refractivity contribution in [2.75, 3.05) is 5.73 Å². The van der Waals surface area contributed by atoms with E-state index in [2.05, 4.69) is 0 Å². The summed E-state index contributed by atoms with van der Waals surface area (Å²) in [6.07, 6.45) is 0. The Kier molecular flexibility index (Phi) is 3.55. The molecule has 0 saturated heterocycles. The first-order valence-electron chi connectivity index (χ1n) is 5.04. The van der Waals surface area contributed by atoms with Crippen LogP contribution < -0.4 is 5.73 Å². The summed E-state index contributed by atoms with van der Waals surface area (Å²) in [5.74, 6) is -1.09.